The molecule has 7 nitrogen and oxygen atoms in total. The maximum atomic E-state index is 12.0. The Bertz CT molecular complexity index is 789. The van der Waals surface area contributed by atoms with E-state index < -0.39 is 0 Å². The van der Waals surface area contributed by atoms with Crippen LogP contribution >= 0.6 is 0 Å². The fraction of sp³-hybridized carbons (Fsp3) is 0.263. The molecule has 2 rings (SSSR count). The molecule has 0 radical (unpaired) electrons. The average Bonchev–Trinajstić information content (AvgIpc) is 2.69. The van der Waals surface area contributed by atoms with Gasteiger partial charge in [-0.3, -0.25) is 4.79 Å². The van der Waals surface area contributed by atoms with E-state index in [-0.39, 0.29) is 12.5 Å². The minimum absolute atomic E-state index is 0.184. The van der Waals surface area contributed by atoms with Crippen molar-refractivity contribution >= 4 is 11.6 Å². The van der Waals surface area contributed by atoms with Crippen LogP contribution in [0.15, 0.2) is 47.6 Å². The van der Waals surface area contributed by atoms with Gasteiger partial charge in [0.2, 0.25) is 0 Å². The summed E-state index contributed by atoms with van der Waals surface area (Å²) in [5.74, 6) is 1.94. The Balaban J connectivity index is 1.99. The molecule has 26 heavy (non-hydrogen) atoms. The summed E-state index contributed by atoms with van der Waals surface area (Å²) < 4.78 is 21.1. The zero-order chi connectivity index (χ0) is 18.9. The largest absolute Gasteiger partial charge is 0.497 e. The van der Waals surface area contributed by atoms with Crippen molar-refractivity contribution in [3.63, 3.8) is 0 Å². The highest BCUT2D eigenvalue weighted by atomic mass is 16.5. The van der Waals surface area contributed by atoms with E-state index in [1.807, 2.05) is 12.1 Å². The van der Waals surface area contributed by atoms with Crippen molar-refractivity contribution in [3.8, 4) is 23.0 Å². The van der Waals surface area contributed by atoms with Gasteiger partial charge in [-0.2, -0.15) is 5.10 Å². The third kappa shape index (κ3) is 4.89. The summed E-state index contributed by atoms with van der Waals surface area (Å²) in [6, 6.07) is 12.5. The maximum absolute atomic E-state index is 12.0. The van der Waals surface area contributed by atoms with Gasteiger partial charge in [0, 0.05) is 11.6 Å². The fourth-order valence-corrected chi connectivity index (χ4v) is 2.22. The SMILES string of the molecule is COc1ccc(C(C)=NNC(=O)COc2ccccc2OC)c(OC)c1. The number of hydrogen-bond donors (Lipinski definition) is 1. The lowest BCUT2D eigenvalue weighted by Crippen LogP contribution is -2.25. The predicted octanol–water partition coefficient (Wildman–Crippen LogP) is 2.63. The van der Waals surface area contributed by atoms with E-state index in [9.17, 15) is 4.79 Å². The summed E-state index contributed by atoms with van der Waals surface area (Å²) in [5.41, 5.74) is 3.81. The number of ether oxygens (including phenoxy) is 4. The first-order chi connectivity index (χ1) is 12.6. The zero-order valence-corrected chi connectivity index (χ0v) is 15.2. The van der Waals surface area contributed by atoms with Gasteiger partial charge in [-0.1, -0.05) is 12.1 Å². The second-order valence-corrected chi connectivity index (χ2v) is 5.24. The van der Waals surface area contributed by atoms with Gasteiger partial charge in [0.25, 0.3) is 5.91 Å². The summed E-state index contributed by atoms with van der Waals surface area (Å²) in [5, 5.41) is 4.10. The first-order valence-electron chi connectivity index (χ1n) is 7.90. The van der Waals surface area contributed by atoms with E-state index in [1.54, 1.807) is 51.5 Å². The number of benzene rings is 2. The third-order valence-electron chi connectivity index (χ3n) is 3.57. The van der Waals surface area contributed by atoms with Crippen LogP contribution in [0.5, 0.6) is 23.0 Å². The van der Waals surface area contributed by atoms with E-state index >= 15 is 0 Å². The molecule has 0 unspecified atom stereocenters. The molecule has 7 heteroatoms. The van der Waals surface area contributed by atoms with Gasteiger partial charge in [0.1, 0.15) is 11.5 Å². The minimum Gasteiger partial charge on any atom is -0.497 e. The van der Waals surface area contributed by atoms with E-state index in [4.69, 9.17) is 18.9 Å². The monoisotopic (exact) mass is 358 g/mol. The van der Waals surface area contributed by atoms with Gasteiger partial charge in [0.05, 0.1) is 27.0 Å². The van der Waals surface area contributed by atoms with Crippen molar-refractivity contribution in [1.29, 1.82) is 0 Å². The van der Waals surface area contributed by atoms with Crippen LogP contribution < -0.4 is 24.4 Å². The van der Waals surface area contributed by atoms with Gasteiger partial charge in [-0.05, 0) is 31.2 Å². The minimum atomic E-state index is -0.386. The molecule has 0 aromatic heterocycles. The van der Waals surface area contributed by atoms with Gasteiger partial charge in [-0.15, -0.1) is 0 Å². The standard InChI is InChI=1S/C19H22N2O5/c1-13(15-10-9-14(23-2)11-18(15)25-4)20-21-19(22)12-26-17-8-6-5-7-16(17)24-3/h5-11H,12H2,1-4H3,(H,21,22). The summed E-state index contributed by atoms with van der Waals surface area (Å²) in [6.45, 7) is 1.59. The van der Waals surface area contributed by atoms with Crippen LogP contribution in [0.3, 0.4) is 0 Å². The molecule has 0 fully saturated rings. The molecule has 2 aromatic carbocycles. The van der Waals surface area contributed by atoms with E-state index in [0.717, 1.165) is 5.56 Å². The Morgan fingerprint density at radius 3 is 2.31 bits per heavy atom. The van der Waals surface area contributed by atoms with Crippen LogP contribution in [0.1, 0.15) is 12.5 Å². The Hall–Kier alpha value is -3.22. The van der Waals surface area contributed by atoms with Crippen molar-refractivity contribution in [2.45, 2.75) is 6.92 Å². The lowest BCUT2D eigenvalue weighted by molar-refractivity contribution is -0.123. The molecule has 0 aliphatic carbocycles. The summed E-state index contributed by atoms with van der Waals surface area (Å²) >= 11 is 0. The predicted molar refractivity (Wildman–Crippen MR) is 98.4 cm³/mol. The van der Waals surface area contributed by atoms with Crippen LogP contribution in [0.4, 0.5) is 0 Å². The normalized spacial score (nSPS) is 10.8. The van der Waals surface area contributed by atoms with Gasteiger partial charge < -0.3 is 18.9 Å². The molecule has 0 spiro atoms. The topological polar surface area (TPSA) is 78.4 Å². The van der Waals surface area contributed by atoms with E-state index in [1.165, 1.54) is 7.11 Å². The molecule has 1 amide bonds. The van der Waals surface area contributed by atoms with Crippen molar-refractivity contribution < 1.29 is 23.7 Å². The fourth-order valence-electron chi connectivity index (χ4n) is 2.22. The molecule has 2 aromatic rings. The van der Waals surface area contributed by atoms with Crippen molar-refractivity contribution in [2.24, 2.45) is 5.10 Å². The molecule has 0 heterocycles. The van der Waals surface area contributed by atoms with Crippen LogP contribution in [-0.4, -0.2) is 39.6 Å². The summed E-state index contributed by atoms with van der Waals surface area (Å²) in [7, 11) is 4.68. The van der Waals surface area contributed by atoms with Crippen molar-refractivity contribution in [1.82, 2.24) is 5.43 Å². The van der Waals surface area contributed by atoms with E-state index in [2.05, 4.69) is 10.5 Å². The first-order valence-corrected chi connectivity index (χ1v) is 7.90. The third-order valence-corrected chi connectivity index (χ3v) is 3.57. The number of hydrogen-bond acceptors (Lipinski definition) is 6. The Labute approximate surface area is 152 Å². The smallest absolute Gasteiger partial charge is 0.277 e. The number of amides is 1. The van der Waals surface area contributed by atoms with Gasteiger partial charge >= 0.3 is 0 Å². The van der Waals surface area contributed by atoms with Gasteiger partial charge in [-0.25, -0.2) is 5.43 Å². The molecule has 0 bridgehead atoms. The number of carbonyl (C=O) groups excluding carboxylic acids is 1. The molecule has 0 saturated heterocycles. The number of nitrogens with zero attached hydrogens (tertiary/aromatic N) is 1. The Kier molecular flexibility index (Phi) is 6.84. The number of carbonyl (C=O) groups is 1. The number of para-hydroxylation sites is 2. The lowest BCUT2D eigenvalue weighted by atomic mass is 10.1. The van der Waals surface area contributed by atoms with Crippen LogP contribution in [0.25, 0.3) is 0 Å². The van der Waals surface area contributed by atoms with Crippen LogP contribution in [0.2, 0.25) is 0 Å². The molecule has 0 atom stereocenters. The first kappa shape index (κ1) is 19.1. The van der Waals surface area contributed by atoms with Gasteiger partial charge in [0.15, 0.2) is 18.1 Å². The average molecular weight is 358 g/mol. The molecule has 0 saturated carbocycles. The Morgan fingerprint density at radius 1 is 0.962 bits per heavy atom. The number of methoxy groups -OCH3 is 3. The molecule has 0 aliphatic rings. The van der Waals surface area contributed by atoms with E-state index in [0.29, 0.717) is 28.7 Å². The highest BCUT2D eigenvalue weighted by Gasteiger charge is 2.10. The number of nitrogens with one attached hydrogen (secondary N) is 1. The number of rotatable bonds is 8. The molecule has 1 N–H and O–H groups in total. The molecular weight excluding hydrogens is 336 g/mol. The Morgan fingerprint density at radius 2 is 1.65 bits per heavy atom. The molecular formula is C19H22N2O5. The zero-order valence-electron chi connectivity index (χ0n) is 15.2. The summed E-state index contributed by atoms with van der Waals surface area (Å²) in [6.07, 6.45) is 0. The van der Waals surface area contributed by atoms with Crippen LogP contribution in [0, 0.1) is 0 Å². The lowest BCUT2D eigenvalue weighted by Gasteiger charge is -2.11. The highest BCUT2D eigenvalue weighted by Crippen LogP contribution is 2.26. The van der Waals surface area contributed by atoms with Crippen LogP contribution in [-0.2, 0) is 4.79 Å². The highest BCUT2D eigenvalue weighted by molar-refractivity contribution is 6.01. The quantitative estimate of drug-likeness (QED) is 0.580. The molecule has 0 aliphatic heterocycles. The maximum Gasteiger partial charge on any atom is 0.277 e. The van der Waals surface area contributed by atoms with Crippen molar-refractivity contribution in [2.75, 3.05) is 27.9 Å². The number of hydrazone groups is 1. The second kappa shape index (κ2) is 9.31. The van der Waals surface area contributed by atoms with Crippen molar-refractivity contribution in [3.05, 3.63) is 48.0 Å². The second-order valence-electron chi connectivity index (χ2n) is 5.24. The summed E-state index contributed by atoms with van der Waals surface area (Å²) in [4.78, 5) is 12.0. The molecule has 138 valence electrons.